The van der Waals surface area contributed by atoms with Crippen LogP contribution >= 0.6 is 0 Å². The number of nitrogens with zero attached hydrogens (tertiary/aromatic N) is 2. The van der Waals surface area contributed by atoms with Crippen LogP contribution in [0.1, 0.15) is 33.6 Å². The molecule has 0 aliphatic carbocycles. The largest absolute Gasteiger partial charge is 0.444 e. The lowest BCUT2D eigenvalue weighted by Crippen LogP contribution is -2.43. The molecule has 1 heterocycles. The molecule has 0 radical (unpaired) electrons. The third kappa shape index (κ3) is 4.93. The van der Waals surface area contributed by atoms with E-state index in [2.05, 4.69) is 0 Å². The van der Waals surface area contributed by atoms with Crippen LogP contribution in [0.4, 0.5) is 4.79 Å². The highest BCUT2D eigenvalue weighted by Gasteiger charge is 2.35. The van der Waals surface area contributed by atoms with Crippen LogP contribution in [0.2, 0.25) is 0 Å². The Hall–Kier alpha value is -1.52. The molecule has 1 rings (SSSR count). The maximum atomic E-state index is 12.1. The third-order valence-electron chi connectivity index (χ3n) is 2.75. The number of carbonyl (C=O) groups excluding carboxylic acids is 2. The van der Waals surface area contributed by atoms with Crippen molar-refractivity contribution in [2.24, 2.45) is 0 Å². The molecular weight excluding hydrogens is 244 g/mol. The van der Waals surface area contributed by atoms with Crippen molar-refractivity contribution in [3.8, 4) is 0 Å². The Balaban J connectivity index is 2.68. The molecule has 1 amide bonds. The summed E-state index contributed by atoms with van der Waals surface area (Å²) in [5.74, 6) is -0.0444. The summed E-state index contributed by atoms with van der Waals surface area (Å²) in [4.78, 5) is 27.4. The molecule has 0 aromatic heterocycles. The maximum Gasteiger partial charge on any atom is 0.410 e. The summed E-state index contributed by atoms with van der Waals surface area (Å²) >= 11 is 0. The van der Waals surface area contributed by atoms with Crippen molar-refractivity contribution in [2.75, 3.05) is 20.6 Å². The normalized spacial score (nSPS) is 19.8. The molecule has 1 atom stereocenters. The maximum absolute atomic E-state index is 12.1. The van der Waals surface area contributed by atoms with E-state index in [1.54, 1.807) is 11.1 Å². The Kier molecular flexibility index (Phi) is 4.97. The minimum atomic E-state index is -0.535. The third-order valence-corrected chi connectivity index (χ3v) is 2.75. The van der Waals surface area contributed by atoms with Gasteiger partial charge in [0.2, 0.25) is 0 Å². The van der Waals surface area contributed by atoms with Crippen LogP contribution in [-0.4, -0.2) is 54.0 Å². The first kappa shape index (κ1) is 15.5. The van der Waals surface area contributed by atoms with E-state index in [4.69, 9.17) is 4.74 Å². The van der Waals surface area contributed by atoms with Crippen LogP contribution in [0.5, 0.6) is 0 Å². The van der Waals surface area contributed by atoms with E-state index < -0.39 is 11.7 Å². The first-order chi connectivity index (χ1) is 8.70. The average Bonchev–Trinajstić information content (AvgIpc) is 2.72. The van der Waals surface area contributed by atoms with Crippen LogP contribution in [0.25, 0.3) is 0 Å². The number of hydrogen-bond donors (Lipinski definition) is 0. The van der Waals surface area contributed by atoms with Gasteiger partial charge in [-0.1, -0.05) is 0 Å². The second kappa shape index (κ2) is 6.08. The Morgan fingerprint density at radius 3 is 2.47 bits per heavy atom. The van der Waals surface area contributed by atoms with E-state index in [-0.39, 0.29) is 11.8 Å². The van der Waals surface area contributed by atoms with Gasteiger partial charge in [0.1, 0.15) is 5.60 Å². The Bertz CT molecular complexity index is 369. The van der Waals surface area contributed by atoms with E-state index in [0.717, 1.165) is 6.42 Å². The molecule has 19 heavy (non-hydrogen) atoms. The molecule has 5 heteroatoms. The summed E-state index contributed by atoms with van der Waals surface area (Å²) in [6.07, 6.45) is 4.37. The van der Waals surface area contributed by atoms with Crippen molar-refractivity contribution in [1.29, 1.82) is 0 Å². The van der Waals surface area contributed by atoms with Gasteiger partial charge in [-0.15, -0.1) is 0 Å². The van der Waals surface area contributed by atoms with Crippen LogP contribution in [-0.2, 0) is 9.53 Å². The van der Waals surface area contributed by atoms with Gasteiger partial charge in [-0.2, -0.15) is 0 Å². The van der Waals surface area contributed by atoms with Crippen molar-refractivity contribution in [3.05, 3.63) is 12.3 Å². The topological polar surface area (TPSA) is 49.9 Å². The fourth-order valence-electron chi connectivity index (χ4n) is 1.94. The average molecular weight is 268 g/mol. The molecule has 1 aliphatic heterocycles. The van der Waals surface area contributed by atoms with Crippen LogP contribution in [0.3, 0.4) is 0 Å². The van der Waals surface area contributed by atoms with Crippen molar-refractivity contribution in [2.45, 2.75) is 45.3 Å². The van der Waals surface area contributed by atoms with Crippen LogP contribution in [0, 0.1) is 0 Å². The van der Waals surface area contributed by atoms with Crippen molar-refractivity contribution < 1.29 is 14.3 Å². The summed E-state index contributed by atoms with van der Waals surface area (Å²) in [7, 11) is 3.70. The minimum absolute atomic E-state index is 0.0444. The quantitative estimate of drug-likeness (QED) is 0.735. The summed E-state index contributed by atoms with van der Waals surface area (Å²) in [6, 6.07) is -0.383. The summed E-state index contributed by atoms with van der Waals surface area (Å²) < 4.78 is 5.33. The van der Waals surface area contributed by atoms with Gasteiger partial charge >= 0.3 is 6.09 Å². The SMILES string of the molecule is CN(C)C=CC(=O)C1CCCN1C(=O)OC(C)(C)C. The zero-order valence-electron chi connectivity index (χ0n) is 12.5. The first-order valence-electron chi connectivity index (χ1n) is 6.59. The smallest absolute Gasteiger partial charge is 0.410 e. The monoisotopic (exact) mass is 268 g/mol. The second-order valence-electron chi connectivity index (χ2n) is 6.01. The Morgan fingerprint density at radius 1 is 1.32 bits per heavy atom. The van der Waals surface area contributed by atoms with E-state index in [1.807, 2.05) is 34.9 Å². The van der Waals surface area contributed by atoms with E-state index in [0.29, 0.717) is 13.0 Å². The van der Waals surface area contributed by atoms with E-state index in [9.17, 15) is 9.59 Å². The number of rotatable bonds is 3. The molecule has 1 saturated heterocycles. The molecule has 5 nitrogen and oxygen atoms in total. The number of carbonyl (C=O) groups is 2. The Morgan fingerprint density at radius 2 is 1.95 bits per heavy atom. The Labute approximate surface area is 115 Å². The number of amides is 1. The van der Waals surface area contributed by atoms with Crippen molar-refractivity contribution >= 4 is 11.9 Å². The molecule has 1 fully saturated rings. The van der Waals surface area contributed by atoms with Gasteiger partial charge in [0, 0.05) is 26.8 Å². The van der Waals surface area contributed by atoms with Gasteiger partial charge in [0.15, 0.2) is 5.78 Å². The fourth-order valence-corrected chi connectivity index (χ4v) is 1.94. The lowest BCUT2D eigenvalue weighted by atomic mass is 10.1. The molecule has 108 valence electrons. The van der Waals surface area contributed by atoms with Crippen molar-refractivity contribution in [1.82, 2.24) is 9.80 Å². The molecule has 0 spiro atoms. The van der Waals surface area contributed by atoms with Gasteiger partial charge in [-0.3, -0.25) is 9.69 Å². The summed E-state index contributed by atoms with van der Waals surface area (Å²) in [5, 5.41) is 0. The zero-order valence-corrected chi connectivity index (χ0v) is 12.5. The second-order valence-corrected chi connectivity index (χ2v) is 6.01. The van der Waals surface area contributed by atoms with Gasteiger partial charge < -0.3 is 9.64 Å². The van der Waals surface area contributed by atoms with Crippen LogP contribution in [0.15, 0.2) is 12.3 Å². The standard InChI is InChI=1S/C14H24N2O3/c1-14(2,3)19-13(18)16-9-6-7-11(16)12(17)8-10-15(4)5/h8,10-11H,6-7,9H2,1-5H3. The number of ketones is 1. The van der Waals surface area contributed by atoms with E-state index >= 15 is 0 Å². The van der Waals surface area contributed by atoms with Gasteiger partial charge in [-0.05, 0) is 39.7 Å². The molecule has 0 aromatic carbocycles. The molecule has 0 bridgehead atoms. The molecule has 0 saturated carbocycles. The number of hydrogen-bond acceptors (Lipinski definition) is 4. The molecule has 0 N–H and O–H groups in total. The highest BCUT2D eigenvalue weighted by Crippen LogP contribution is 2.21. The lowest BCUT2D eigenvalue weighted by molar-refractivity contribution is -0.118. The van der Waals surface area contributed by atoms with Crippen molar-refractivity contribution in [3.63, 3.8) is 0 Å². The van der Waals surface area contributed by atoms with Gasteiger partial charge in [0.25, 0.3) is 0 Å². The van der Waals surface area contributed by atoms with Crippen LogP contribution < -0.4 is 0 Å². The molecular formula is C14H24N2O3. The zero-order chi connectivity index (χ0) is 14.6. The lowest BCUT2D eigenvalue weighted by Gasteiger charge is -2.27. The summed E-state index contributed by atoms with van der Waals surface area (Å²) in [6.45, 7) is 6.05. The molecule has 1 unspecified atom stereocenters. The van der Waals surface area contributed by atoms with E-state index in [1.165, 1.54) is 11.0 Å². The number of likely N-dealkylation sites (tertiary alicyclic amines) is 1. The molecule has 1 aliphatic rings. The summed E-state index contributed by atoms with van der Waals surface area (Å²) in [5.41, 5.74) is -0.535. The fraction of sp³-hybridized carbons (Fsp3) is 0.714. The number of ether oxygens (including phenoxy) is 1. The minimum Gasteiger partial charge on any atom is -0.444 e. The predicted molar refractivity (Wildman–Crippen MR) is 73.8 cm³/mol. The predicted octanol–water partition coefficient (Wildman–Crippen LogP) is 2.03. The highest BCUT2D eigenvalue weighted by atomic mass is 16.6. The van der Waals surface area contributed by atoms with Gasteiger partial charge in [-0.25, -0.2) is 4.79 Å². The molecule has 0 aromatic rings. The first-order valence-corrected chi connectivity index (χ1v) is 6.59. The highest BCUT2D eigenvalue weighted by molar-refractivity contribution is 5.96. The van der Waals surface area contributed by atoms with Gasteiger partial charge in [0.05, 0.1) is 6.04 Å².